The Bertz CT molecular complexity index is 491. The molecule has 0 saturated carbocycles. The lowest BCUT2D eigenvalue weighted by molar-refractivity contribution is -0.169. The van der Waals surface area contributed by atoms with Crippen molar-refractivity contribution < 1.29 is 9.47 Å². The van der Waals surface area contributed by atoms with Gasteiger partial charge >= 0.3 is 0 Å². The van der Waals surface area contributed by atoms with E-state index in [1.165, 1.54) is 6.42 Å². The van der Waals surface area contributed by atoms with Crippen LogP contribution in [0, 0.1) is 0 Å². The molecule has 2 aromatic heterocycles. The Balaban J connectivity index is 1.68. The molecule has 1 aliphatic rings. The molecule has 1 aliphatic heterocycles. The van der Waals surface area contributed by atoms with E-state index in [0.717, 1.165) is 36.2 Å². The van der Waals surface area contributed by atoms with Gasteiger partial charge in [-0.1, -0.05) is 0 Å². The number of nitrogens with one attached hydrogen (secondary N) is 1. The van der Waals surface area contributed by atoms with Gasteiger partial charge in [-0.25, -0.2) is 4.98 Å². The van der Waals surface area contributed by atoms with E-state index in [2.05, 4.69) is 15.2 Å². The third kappa shape index (κ3) is 2.30. The summed E-state index contributed by atoms with van der Waals surface area (Å²) in [4.78, 5) is 4.17. The fourth-order valence-corrected chi connectivity index (χ4v) is 2.03. The summed E-state index contributed by atoms with van der Waals surface area (Å²) in [6.45, 7) is 1.29. The van der Waals surface area contributed by atoms with E-state index in [1.54, 1.807) is 6.20 Å². The molecule has 0 aliphatic carbocycles. The Morgan fingerprint density at radius 2 is 2.47 bits per heavy atom. The van der Waals surface area contributed by atoms with Gasteiger partial charge in [0.2, 0.25) is 0 Å². The van der Waals surface area contributed by atoms with Crippen LogP contribution in [0.4, 0.5) is 0 Å². The molecule has 0 aromatic carbocycles. The van der Waals surface area contributed by atoms with Crippen molar-refractivity contribution in [3.8, 4) is 0 Å². The minimum atomic E-state index is -0.0706. The van der Waals surface area contributed by atoms with Crippen molar-refractivity contribution in [3.05, 3.63) is 24.0 Å². The molecule has 0 radical (unpaired) electrons. The number of fused-ring (bicyclic) bond motifs is 1. The van der Waals surface area contributed by atoms with Gasteiger partial charge in [-0.3, -0.25) is 5.10 Å². The van der Waals surface area contributed by atoms with Gasteiger partial charge in [0.05, 0.1) is 12.3 Å². The Labute approximate surface area is 99.1 Å². The molecule has 1 fully saturated rings. The summed E-state index contributed by atoms with van der Waals surface area (Å²) in [5.74, 6) is 0. The van der Waals surface area contributed by atoms with Crippen molar-refractivity contribution in [2.75, 3.05) is 6.61 Å². The van der Waals surface area contributed by atoms with Crippen LogP contribution in [-0.2, 0) is 16.1 Å². The van der Waals surface area contributed by atoms with E-state index in [9.17, 15) is 0 Å². The summed E-state index contributed by atoms with van der Waals surface area (Å²) in [5.41, 5.74) is 1.69. The third-order valence-electron chi connectivity index (χ3n) is 2.96. The first kappa shape index (κ1) is 10.7. The Hall–Kier alpha value is -1.46. The topological polar surface area (TPSA) is 60.0 Å². The zero-order chi connectivity index (χ0) is 11.5. The maximum atomic E-state index is 5.71. The number of nitrogens with zero attached hydrogens (tertiary/aromatic N) is 2. The highest BCUT2D eigenvalue weighted by atomic mass is 16.7. The predicted octanol–water partition coefficient (Wildman–Crippen LogP) is 2.00. The van der Waals surface area contributed by atoms with Gasteiger partial charge in [0.15, 0.2) is 11.9 Å². The van der Waals surface area contributed by atoms with Crippen LogP contribution < -0.4 is 0 Å². The Kier molecular flexibility index (Phi) is 3.02. The molecule has 5 nitrogen and oxygen atoms in total. The van der Waals surface area contributed by atoms with Crippen LogP contribution in [0.3, 0.4) is 0 Å². The average molecular weight is 233 g/mol. The van der Waals surface area contributed by atoms with Crippen molar-refractivity contribution in [3.63, 3.8) is 0 Å². The molecule has 3 rings (SSSR count). The highest BCUT2D eigenvalue weighted by molar-refractivity contribution is 5.77. The zero-order valence-corrected chi connectivity index (χ0v) is 9.56. The first-order chi connectivity index (χ1) is 8.43. The molecule has 3 heterocycles. The lowest BCUT2D eigenvalue weighted by Gasteiger charge is -2.22. The van der Waals surface area contributed by atoms with Crippen LogP contribution in [0.2, 0.25) is 0 Å². The van der Waals surface area contributed by atoms with Crippen LogP contribution in [0.25, 0.3) is 11.0 Å². The summed E-state index contributed by atoms with van der Waals surface area (Å²) >= 11 is 0. The Morgan fingerprint density at radius 1 is 1.47 bits per heavy atom. The molecule has 0 amide bonds. The Morgan fingerprint density at radius 3 is 3.35 bits per heavy atom. The number of ether oxygens (including phenoxy) is 2. The van der Waals surface area contributed by atoms with E-state index in [-0.39, 0.29) is 6.29 Å². The fourth-order valence-electron chi connectivity index (χ4n) is 2.03. The molecule has 90 valence electrons. The largest absolute Gasteiger partial charge is 0.353 e. The molecule has 0 unspecified atom stereocenters. The standard InChI is InChI=1S/C12H15N3O2/c1-2-7-16-11(5-1)17-8-10-9-4-3-6-13-12(9)15-14-10/h3-4,6,11H,1-2,5,7-8H2,(H,13,14,15)/t11-/m0/s1. The zero-order valence-electron chi connectivity index (χ0n) is 9.56. The van der Waals surface area contributed by atoms with Crippen LogP contribution in [0.15, 0.2) is 18.3 Å². The quantitative estimate of drug-likeness (QED) is 0.880. The van der Waals surface area contributed by atoms with Crippen LogP contribution in [0.5, 0.6) is 0 Å². The van der Waals surface area contributed by atoms with Gasteiger partial charge in [-0.05, 0) is 31.4 Å². The number of H-pyrrole nitrogens is 1. The van der Waals surface area contributed by atoms with Crippen molar-refractivity contribution in [2.45, 2.75) is 32.2 Å². The van der Waals surface area contributed by atoms with Crippen LogP contribution >= 0.6 is 0 Å². The summed E-state index contributed by atoms with van der Waals surface area (Å²) in [7, 11) is 0. The summed E-state index contributed by atoms with van der Waals surface area (Å²) < 4.78 is 11.2. The molecule has 1 saturated heterocycles. The highest BCUT2D eigenvalue weighted by Crippen LogP contribution is 2.18. The molecule has 0 spiro atoms. The number of hydrogen-bond acceptors (Lipinski definition) is 4. The van der Waals surface area contributed by atoms with Crippen molar-refractivity contribution >= 4 is 11.0 Å². The van der Waals surface area contributed by atoms with Gasteiger partial charge in [0.1, 0.15) is 0 Å². The maximum Gasteiger partial charge on any atom is 0.181 e. The molecule has 1 atom stereocenters. The lowest BCUT2D eigenvalue weighted by Crippen LogP contribution is -2.22. The number of pyridine rings is 1. The fraction of sp³-hybridized carbons (Fsp3) is 0.500. The number of aromatic amines is 1. The molecular weight excluding hydrogens is 218 g/mol. The van der Waals surface area contributed by atoms with E-state index in [0.29, 0.717) is 6.61 Å². The molecule has 2 aromatic rings. The van der Waals surface area contributed by atoms with Crippen molar-refractivity contribution in [2.24, 2.45) is 0 Å². The second kappa shape index (κ2) is 4.81. The monoisotopic (exact) mass is 233 g/mol. The number of aromatic nitrogens is 3. The van der Waals surface area contributed by atoms with Gasteiger partial charge in [0.25, 0.3) is 0 Å². The lowest BCUT2D eigenvalue weighted by atomic mass is 10.2. The third-order valence-corrected chi connectivity index (χ3v) is 2.96. The second-order valence-corrected chi connectivity index (χ2v) is 4.18. The molecule has 1 N–H and O–H groups in total. The molecular formula is C12H15N3O2. The minimum absolute atomic E-state index is 0.0706. The first-order valence-electron chi connectivity index (χ1n) is 5.94. The van der Waals surface area contributed by atoms with Crippen LogP contribution in [-0.4, -0.2) is 28.1 Å². The van der Waals surface area contributed by atoms with E-state index in [4.69, 9.17) is 9.47 Å². The maximum absolute atomic E-state index is 5.71. The first-order valence-corrected chi connectivity index (χ1v) is 5.94. The number of rotatable bonds is 3. The molecule has 0 bridgehead atoms. The van der Waals surface area contributed by atoms with Gasteiger partial charge in [0, 0.05) is 18.2 Å². The SMILES string of the molecule is c1cnc2n[nH]c(CO[C@H]3CCCCO3)c2c1. The van der Waals surface area contributed by atoms with Gasteiger partial charge < -0.3 is 9.47 Å². The van der Waals surface area contributed by atoms with E-state index >= 15 is 0 Å². The van der Waals surface area contributed by atoms with Gasteiger partial charge in [-0.15, -0.1) is 0 Å². The highest BCUT2D eigenvalue weighted by Gasteiger charge is 2.15. The van der Waals surface area contributed by atoms with Gasteiger partial charge in [-0.2, -0.15) is 5.10 Å². The molecule has 17 heavy (non-hydrogen) atoms. The number of hydrogen-bond donors (Lipinski definition) is 1. The summed E-state index contributed by atoms with van der Waals surface area (Å²) in [6.07, 6.45) is 4.95. The van der Waals surface area contributed by atoms with Crippen LogP contribution in [0.1, 0.15) is 25.0 Å². The molecule has 5 heteroatoms. The summed E-state index contributed by atoms with van der Waals surface area (Å²) in [5, 5.41) is 8.10. The van der Waals surface area contributed by atoms with E-state index in [1.807, 2.05) is 12.1 Å². The predicted molar refractivity (Wildman–Crippen MR) is 62.3 cm³/mol. The normalized spacial score (nSPS) is 20.8. The summed E-state index contributed by atoms with van der Waals surface area (Å²) in [6, 6.07) is 3.89. The van der Waals surface area contributed by atoms with E-state index < -0.39 is 0 Å². The van der Waals surface area contributed by atoms with Crippen molar-refractivity contribution in [1.82, 2.24) is 15.2 Å². The van der Waals surface area contributed by atoms with Crippen molar-refractivity contribution in [1.29, 1.82) is 0 Å². The second-order valence-electron chi connectivity index (χ2n) is 4.18. The minimum Gasteiger partial charge on any atom is -0.353 e. The average Bonchev–Trinajstić information content (AvgIpc) is 2.81. The smallest absolute Gasteiger partial charge is 0.181 e.